The molecule has 86 valence electrons. The topological polar surface area (TPSA) is 63.3 Å². The molecule has 0 spiro atoms. The van der Waals surface area contributed by atoms with Gasteiger partial charge in [0.25, 0.3) is 0 Å². The van der Waals surface area contributed by atoms with Crippen LogP contribution in [-0.4, -0.2) is 22.4 Å². The molecular formula is C12H15NO2S. The van der Waals surface area contributed by atoms with Crippen molar-refractivity contribution in [1.29, 1.82) is 0 Å². The van der Waals surface area contributed by atoms with E-state index < -0.39 is 12.0 Å². The first-order chi connectivity index (χ1) is 7.66. The molecule has 1 saturated carbocycles. The van der Waals surface area contributed by atoms with Crippen molar-refractivity contribution >= 4 is 17.7 Å². The fraction of sp³-hybridized carbons (Fsp3) is 0.417. The van der Waals surface area contributed by atoms with E-state index in [2.05, 4.69) is 0 Å². The number of thioether (sulfide) groups is 1. The van der Waals surface area contributed by atoms with E-state index in [0.717, 1.165) is 10.8 Å². The highest BCUT2D eigenvalue weighted by molar-refractivity contribution is 8.00. The SMILES string of the molecule is NC(Cc1ccccc1SC1CC1)C(=O)O. The summed E-state index contributed by atoms with van der Waals surface area (Å²) in [4.78, 5) is 11.9. The lowest BCUT2D eigenvalue weighted by Crippen LogP contribution is -2.32. The van der Waals surface area contributed by atoms with E-state index >= 15 is 0 Å². The average molecular weight is 237 g/mol. The molecular weight excluding hydrogens is 222 g/mol. The van der Waals surface area contributed by atoms with E-state index in [1.54, 1.807) is 0 Å². The monoisotopic (exact) mass is 237 g/mol. The molecule has 1 aromatic carbocycles. The van der Waals surface area contributed by atoms with Gasteiger partial charge < -0.3 is 10.8 Å². The predicted octanol–water partition coefficient (Wildman–Crippen LogP) is 1.90. The van der Waals surface area contributed by atoms with Crippen LogP contribution in [0.2, 0.25) is 0 Å². The first-order valence-electron chi connectivity index (χ1n) is 5.40. The van der Waals surface area contributed by atoms with E-state index in [1.807, 2.05) is 36.0 Å². The van der Waals surface area contributed by atoms with Crippen LogP contribution in [0.25, 0.3) is 0 Å². The van der Waals surface area contributed by atoms with Gasteiger partial charge in [0, 0.05) is 10.1 Å². The molecule has 16 heavy (non-hydrogen) atoms. The zero-order chi connectivity index (χ0) is 11.5. The molecule has 1 atom stereocenters. The summed E-state index contributed by atoms with van der Waals surface area (Å²) in [5.74, 6) is -0.939. The maximum absolute atomic E-state index is 10.7. The summed E-state index contributed by atoms with van der Waals surface area (Å²) in [6, 6.07) is 7.13. The Morgan fingerprint density at radius 3 is 2.81 bits per heavy atom. The molecule has 3 nitrogen and oxygen atoms in total. The lowest BCUT2D eigenvalue weighted by atomic mass is 10.1. The number of carboxylic acids is 1. The number of hydrogen-bond donors (Lipinski definition) is 2. The van der Waals surface area contributed by atoms with Crippen LogP contribution < -0.4 is 5.73 Å². The molecule has 1 unspecified atom stereocenters. The van der Waals surface area contributed by atoms with Crippen molar-refractivity contribution in [3.63, 3.8) is 0 Å². The van der Waals surface area contributed by atoms with E-state index in [0.29, 0.717) is 6.42 Å². The zero-order valence-corrected chi connectivity index (χ0v) is 9.74. The number of aliphatic carboxylic acids is 1. The van der Waals surface area contributed by atoms with Gasteiger partial charge in [-0.25, -0.2) is 0 Å². The second-order valence-electron chi connectivity index (χ2n) is 4.07. The number of carbonyl (C=O) groups is 1. The van der Waals surface area contributed by atoms with Gasteiger partial charge in [-0.15, -0.1) is 11.8 Å². The largest absolute Gasteiger partial charge is 0.480 e. The minimum Gasteiger partial charge on any atom is -0.480 e. The van der Waals surface area contributed by atoms with Gasteiger partial charge in [0.2, 0.25) is 0 Å². The smallest absolute Gasteiger partial charge is 0.320 e. The summed E-state index contributed by atoms with van der Waals surface area (Å²) in [6.07, 6.45) is 2.94. The van der Waals surface area contributed by atoms with Crippen molar-refractivity contribution in [3.05, 3.63) is 29.8 Å². The molecule has 0 amide bonds. The number of nitrogens with two attached hydrogens (primary N) is 1. The first-order valence-corrected chi connectivity index (χ1v) is 6.27. The molecule has 0 radical (unpaired) electrons. The number of carboxylic acid groups (broad SMARTS) is 1. The summed E-state index contributed by atoms with van der Waals surface area (Å²) in [5.41, 5.74) is 6.61. The third kappa shape index (κ3) is 3.00. The van der Waals surface area contributed by atoms with E-state index in [1.165, 1.54) is 17.7 Å². The Kier molecular flexibility index (Phi) is 3.51. The molecule has 4 heteroatoms. The Hall–Kier alpha value is -1.00. The lowest BCUT2D eigenvalue weighted by Gasteiger charge is -2.11. The quantitative estimate of drug-likeness (QED) is 0.821. The summed E-state index contributed by atoms with van der Waals surface area (Å²) < 4.78 is 0. The van der Waals surface area contributed by atoms with Gasteiger partial charge in [-0.2, -0.15) is 0 Å². The van der Waals surface area contributed by atoms with E-state index in [9.17, 15) is 4.79 Å². The van der Waals surface area contributed by atoms with Crippen LogP contribution in [-0.2, 0) is 11.2 Å². The third-order valence-electron chi connectivity index (χ3n) is 2.55. The van der Waals surface area contributed by atoms with Crippen molar-refractivity contribution in [2.45, 2.75) is 35.4 Å². The van der Waals surface area contributed by atoms with Crippen molar-refractivity contribution in [2.24, 2.45) is 5.73 Å². The fourth-order valence-corrected chi connectivity index (χ4v) is 2.67. The maximum Gasteiger partial charge on any atom is 0.320 e. The molecule has 1 fully saturated rings. The Morgan fingerprint density at radius 1 is 1.50 bits per heavy atom. The Balaban J connectivity index is 2.08. The normalized spacial score (nSPS) is 17.1. The van der Waals surface area contributed by atoms with Crippen LogP contribution in [0.4, 0.5) is 0 Å². The minimum atomic E-state index is -0.939. The van der Waals surface area contributed by atoms with Gasteiger partial charge in [-0.1, -0.05) is 18.2 Å². The molecule has 0 saturated heterocycles. The fourth-order valence-electron chi connectivity index (χ4n) is 1.48. The van der Waals surface area contributed by atoms with Crippen molar-refractivity contribution in [2.75, 3.05) is 0 Å². The molecule has 3 N–H and O–H groups in total. The summed E-state index contributed by atoms with van der Waals surface area (Å²) in [7, 11) is 0. The van der Waals surface area contributed by atoms with Crippen molar-refractivity contribution < 1.29 is 9.90 Å². The van der Waals surface area contributed by atoms with Gasteiger partial charge in [-0.05, 0) is 30.9 Å². The highest BCUT2D eigenvalue weighted by atomic mass is 32.2. The van der Waals surface area contributed by atoms with Crippen LogP contribution in [0, 0.1) is 0 Å². The van der Waals surface area contributed by atoms with Crippen LogP contribution in [0.15, 0.2) is 29.2 Å². The average Bonchev–Trinajstić information content (AvgIpc) is 3.04. The Morgan fingerprint density at radius 2 is 2.19 bits per heavy atom. The maximum atomic E-state index is 10.7. The molecule has 1 aliphatic carbocycles. The molecule has 1 aliphatic rings. The van der Waals surface area contributed by atoms with Crippen molar-refractivity contribution in [1.82, 2.24) is 0 Å². The van der Waals surface area contributed by atoms with E-state index in [-0.39, 0.29) is 0 Å². The Labute approximate surface area is 99.0 Å². The van der Waals surface area contributed by atoms with Gasteiger partial charge in [-0.3, -0.25) is 4.79 Å². The van der Waals surface area contributed by atoms with Crippen LogP contribution in [0.5, 0.6) is 0 Å². The highest BCUT2D eigenvalue weighted by Gasteiger charge is 2.24. The lowest BCUT2D eigenvalue weighted by molar-refractivity contribution is -0.138. The summed E-state index contributed by atoms with van der Waals surface area (Å²) >= 11 is 1.84. The van der Waals surface area contributed by atoms with E-state index in [4.69, 9.17) is 10.8 Å². The molecule has 1 aromatic rings. The zero-order valence-electron chi connectivity index (χ0n) is 8.93. The highest BCUT2D eigenvalue weighted by Crippen LogP contribution is 2.40. The Bertz CT molecular complexity index is 390. The number of rotatable bonds is 5. The number of hydrogen-bond acceptors (Lipinski definition) is 3. The molecule has 2 rings (SSSR count). The second-order valence-corrected chi connectivity index (χ2v) is 5.42. The summed E-state index contributed by atoms with van der Waals surface area (Å²) in [5, 5.41) is 9.52. The molecule has 0 heterocycles. The van der Waals surface area contributed by atoms with Crippen molar-refractivity contribution in [3.8, 4) is 0 Å². The second kappa shape index (κ2) is 4.89. The molecule has 0 aromatic heterocycles. The van der Waals surface area contributed by atoms with Gasteiger partial charge in [0.1, 0.15) is 6.04 Å². The third-order valence-corrected chi connectivity index (χ3v) is 4.00. The molecule has 0 aliphatic heterocycles. The van der Waals surface area contributed by atoms with Gasteiger partial charge >= 0.3 is 5.97 Å². The standard InChI is InChI=1S/C12H15NO2S/c13-10(12(14)15)7-8-3-1-2-4-11(8)16-9-5-6-9/h1-4,9-10H,5-7,13H2,(H,14,15). The van der Waals surface area contributed by atoms with Crippen LogP contribution >= 0.6 is 11.8 Å². The molecule has 0 bridgehead atoms. The van der Waals surface area contributed by atoms with Crippen LogP contribution in [0.1, 0.15) is 18.4 Å². The van der Waals surface area contributed by atoms with Crippen LogP contribution in [0.3, 0.4) is 0 Å². The summed E-state index contributed by atoms with van der Waals surface area (Å²) in [6.45, 7) is 0. The van der Waals surface area contributed by atoms with Gasteiger partial charge in [0.15, 0.2) is 0 Å². The predicted molar refractivity (Wildman–Crippen MR) is 64.6 cm³/mol. The van der Waals surface area contributed by atoms with Gasteiger partial charge in [0.05, 0.1) is 0 Å². The minimum absolute atomic E-state index is 0.408. The number of benzene rings is 1. The first kappa shape index (κ1) is 11.5.